The van der Waals surface area contributed by atoms with E-state index in [0.29, 0.717) is 17.4 Å². The smallest absolute Gasteiger partial charge is 0.0662 e. The van der Waals surface area contributed by atoms with Gasteiger partial charge in [-0.2, -0.15) is 5.26 Å². The van der Waals surface area contributed by atoms with Crippen LogP contribution in [0.15, 0.2) is 0 Å². The van der Waals surface area contributed by atoms with Gasteiger partial charge in [0.15, 0.2) is 0 Å². The summed E-state index contributed by atoms with van der Waals surface area (Å²) in [6.45, 7) is 0. The van der Waals surface area contributed by atoms with E-state index >= 15 is 0 Å². The van der Waals surface area contributed by atoms with Crippen LogP contribution >= 0.6 is 12.4 Å². The van der Waals surface area contributed by atoms with E-state index < -0.39 is 0 Å². The molecule has 0 heterocycles. The predicted molar refractivity (Wildman–Crippen MR) is 36.0 cm³/mol. The van der Waals surface area contributed by atoms with Crippen LogP contribution in [0.2, 0.25) is 0 Å². The summed E-state index contributed by atoms with van der Waals surface area (Å²) >= 11 is 0. The minimum absolute atomic E-state index is 0. The van der Waals surface area contributed by atoms with Crippen molar-refractivity contribution >= 4 is 12.4 Å². The second kappa shape index (κ2) is 1.62. The molecule has 3 heteroatoms. The van der Waals surface area contributed by atoms with Crippen molar-refractivity contribution in [3.8, 4) is 6.07 Å². The molecule has 0 radical (unpaired) electrons. The Balaban J connectivity index is 0.000000405. The number of rotatable bonds is 0. The lowest BCUT2D eigenvalue weighted by Crippen LogP contribution is -2.02. The highest BCUT2D eigenvalue weighted by Gasteiger charge is 2.69. The maximum absolute atomic E-state index is 8.39. The molecule has 9 heavy (non-hydrogen) atoms. The molecule has 0 aromatic rings. The van der Waals surface area contributed by atoms with Crippen LogP contribution in [0.1, 0.15) is 12.8 Å². The molecule has 2 aliphatic carbocycles. The van der Waals surface area contributed by atoms with Gasteiger partial charge >= 0.3 is 0 Å². The van der Waals surface area contributed by atoms with Crippen molar-refractivity contribution in [2.45, 2.75) is 18.9 Å². The van der Waals surface area contributed by atoms with Crippen molar-refractivity contribution in [3.05, 3.63) is 0 Å². The molecular formula is C6H9ClN2. The van der Waals surface area contributed by atoms with Crippen molar-refractivity contribution < 1.29 is 0 Å². The molecule has 0 aliphatic heterocycles. The second-order valence-electron chi connectivity index (χ2n) is 2.93. The van der Waals surface area contributed by atoms with Crippen LogP contribution in [0.25, 0.3) is 0 Å². The molecule has 3 unspecified atom stereocenters. The summed E-state index contributed by atoms with van der Waals surface area (Å²) < 4.78 is 0. The standard InChI is InChI=1S/C6H8N2.ClH/c7-3-4-1-6(4)2-5(6)8;/h4-5H,1-2,8H2;1H. The van der Waals surface area contributed by atoms with Gasteiger partial charge in [-0.3, -0.25) is 0 Å². The van der Waals surface area contributed by atoms with Crippen molar-refractivity contribution in [3.63, 3.8) is 0 Å². The lowest BCUT2D eigenvalue weighted by atomic mass is 10.3. The Hall–Kier alpha value is -0.260. The van der Waals surface area contributed by atoms with Gasteiger partial charge in [0.1, 0.15) is 0 Å². The number of hydrogen-bond acceptors (Lipinski definition) is 2. The Morgan fingerprint density at radius 1 is 1.56 bits per heavy atom. The highest BCUT2D eigenvalue weighted by Crippen LogP contribution is 2.69. The number of nitrogens with two attached hydrogens (primary N) is 1. The van der Waals surface area contributed by atoms with Gasteiger partial charge in [-0.15, -0.1) is 12.4 Å². The summed E-state index contributed by atoms with van der Waals surface area (Å²) in [7, 11) is 0. The molecule has 2 nitrogen and oxygen atoms in total. The molecule has 0 aromatic heterocycles. The molecule has 0 saturated heterocycles. The largest absolute Gasteiger partial charge is 0.327 e. The van der Waals surface area contributed by atoms with Crippen LogP contribution in [0.5, 0.6) is 0 Å². The first-order valence-corrected chi connectivity index (χ1v) is 2.95. The SMILES string of the molecule is Cl.N#CC1CC12CC2N. The van der Waals surface area contributed by atoms with E-state index in [1.807, 2.05) is 0 Å². The highest BCUT2D eigenvalue weighted by molar-refractivity contribution is 5.85. The Morgan fingerprint density at radius 3 is 2.22 bits per heavy atom. The summed E-state index contributed by atoms with van der Waals surface area (Å²) in [4.78, 5) is 0. The van der Waals surface area contributed by atoms with Crippen LogP contribution in [-0.2, 0) is 0 Å². The molecule has 1 spiro atoms. The maximum Gasteiger partial charge on any atom is 0.0662 e. The molecule has 50 valence electrons. The molecule has 0 bridgehead atoms. The van der Waals surface area contributed by atoms with E-state index in [4.69, 9.17) is 11.0 Å². The van der Waals surface area contributed by atoms with Gasteiger partial charge in [0.2, 0.25) is 0 Å². The average Bonchev–Trinajstić information content (AvgIpc) is 2.55. The van der Waals surface area contributed by atoms with Crippen LogP contribution in [0.3, 0.4) is 0 Å². The first kappa shape index (κ1) is 6.85. The average molecular weight is 145 g/mol. The monoisotopic (exact) mass is 144 g/mol. The van der Waals surface area contributed by atoms with Crippen molar-refractivity contribution in [1.29, 1.82) is 5.26 Å². The van der Waals surface area contributed by atoms with Gasteiger partial charge in [0, 0.05) is 11.5 Å². The van der Waals surface area contributed by atoms with Crippen LogP contribution in [-0.4, -0.2) is 6.04 Å². The lowest BCUT2D eigenvalue weighted by Gasteiger charge is -1.77. The van der Waals surface area contributed by atoms with E-state index in [1.165, 1.54) is 0 Å². The third-order valence-corrected chi connectivity index (χ3v) is 2.45. The van der Waals surface area contributed by atoms with E-state index in [2.05, 4.69) is 6.07 Å². The fourth-order valence-corrected chi connectivity index (χ4v) is 1.48. The van der Waals surface area contributed by atoms with Gasteiger partial charge in [-0.25, -0.2) is 0 Å². The molecule has 2 rings (SSSR count). The quantitative estimate of drug-likeness (QED) is 0.543. The summed E-state index contributed by atoms with van der Waals surface area (Å²) in [5, 5.41) is 8.39. The van der Waals surface area contributed by atoms with Crippen LogP contribution in [0.4, 0.5) is 0 Å². The predicted octanol–water partition coefficient (Wildman–Crippen LogP) is 0.669. The van der Waals surface area contributed by atoms with Gasteiger partial charge in [-0.05, 0) is 12.8 Å². The zero-order valence-corrected chi connectivity index (χ0v) is 5.82. The van der Waals surface area contributed by atoms with E-state index in [9.17, 15) is 0 Å². The molecule has 2 N–H and O–H groups in total. The van der Waals surface area contributed by atoms with E-state index in [1.54, 1.807) is 0 Å². The zero-order chi connectivity index (χ0) is 5.78. The Labute approximate surface area is 60.4 Å². The Kier molecular flexibility index (Phi) is 1.23. The molecule has 0 amide bonds. The topological polar surface area (TPSA) is 49.8 Å². The number of halogens is 1. The summed E-state index contributed by atoms with van der Waals surface area (Å²) in [5.41, 5.74) is 5.92. The van der Waals surface area contributed by atoms with Crippen LogP contribution < -0.4 is 5.73 Å². The van der Waals surface area contributed by atoms with Gasteiger partial charge in [-0.1, -0.05) is 0 Å². The fraction of sp³-hybridized carbons (Fsp3) is 0.833. The second-order valence-corrected chi connectivity index (χ2v) is 2.93. The lowest BCUT2D eigenvalue weighted by molar-refractivity contribution is 0.776. The third kappa shape index (κ3) is 0.654. The number of hydrogen-bond donors (Lipinski definition) is 1. The van der Waals surface area contributed by atoms with Crippen LogP contribution in [0, 0.1) is 22.7 Å². The maximum atomic E-state index is 8.39. The first-order valence-electron chi connectivity index (χ1n) is 2.95. The highest BCUT2D eigenvalue weighted by atomic mass is 35.5. The van der Waals surface area contributed by atoms with Gasteiger partial charge in [0.05, 0.1) is 12.0 Å². The summed E-state index contributed by atoms with van der Waals surface area (Å²) in [5.74, 6) is 0.317. The fourth-order valence-electron chi connectivity index (χ4n) is 1.48. The van der Waals surface area contributed by atoms with Crippen molar-refractivity contribution in [1.82, 2.24) is 0 Å². The third-order valence-electron chi connectivity index (χ3n) is 2.45. The Bertz CT molecular complexity index is 174. The number of nitrogens with zero attached hydrogens (tertiary/aromatic N) is 1. The van der Waals surface area contributed by atoms with E-state index in [-0.39, 0.29) is 12.4 Å². The summed E-state index contributed by atoms with van der Waals surface area (Å²) in [6.07, 6.45) is 2.18. The first-order chi connectivity index (χ1) is 3.79. The minimum Gasteiger partial charge on any atom is -0.327 e. The van der Waals surface area contributed by atoms with E-state index in [0.717, 1.165) is 12.8 Å². The zero-order valence-electron chi connectivity index (χ0n) is 5.00. The molecule has 3 atom stereocenters. The number of nitriles is 1. The minimum atomic E-state index is 0. The van der Waals surface area contributed by atoms with Gasteiger partial charge in [0.25, 0.3) is 0 Å². The molecule has 2 aliphatic rings. The van der Waals surface area contributed by atoms with Gasteiger partial charge < -0.3 is 5.73 Å². The molecular weight excluding hydrogens is 136 g/mol. The normalized spacial score (nSPS) is 51.6. The summed E-state index contributed by atoms with van der Waals surface area (Å²) in [6, 6.07) is 2.61. The molecule has 2 saturated carbocycles. The Morgan fingerprint density at radius 2 is 2.11 bits per heavy atom. The molecule has 2 fully saturated rings. The molecule has 0 aromatic carbocycles. The van der Waals surface area contributed by atoms with Crippen molar-refractivity contribution in [2.75, 3.05) is 0 Å². The van der Waals surface area contributed by atoms with Crippen molar-refractivity contribution in [2.24, 2.45) is 17.1 Å².